The normalized spacial score (nSPS) is 42.5. The number of hydrogen-bond donors (Lipinski definition) is 0. The lowest BCUT2D eigenvalue weighted by Crippen LogP contribution is -2.62. The minimum atomic E-state index is -1.27. The van der Waals surface area contributed by atoms with Crippen LogP contribution >= 0.6 is 0 Å². The lowest BCUT2D eigenvalue weighted by Gasteiger charge is -2.51. The van der Waals surface area contributed by atoms with Gasteiger partial charge in [-0.2, -0.15) is 0 Å². The lowest BCUT2D eigenvalue weighted by atomic mass is 9.73. The molecule has 0 saturated heterocycles. The first kappa shape index (κ1) is 24.6. The van der Waals surface area contributed by atoms with Gasteiger partial charge in [0, 0.05) is 15.2 Å². The summed E-state index contributed by atoms with van der Waals surface area (Å²) >= 11 is 0. The monoisotopic (exact) mass is 460 g/mol. The molecule has 9 unspecified atom stereocenters. The molecule has 0 N–H and O–H groups in total. The summed E-state index contributed by atoms with van der Waals surface area (Å²) in [6, 6.07) is 0. The van der Waals surface area contributed by atoms with Gasteiger partial charge in [-0.25, -0.2) is 0 Å². The van der Waals surface area contributed by atoms with Crippen LogP contribution in [0.15, 0.2) is 0 Å². The Morgan fingerprint density at radius 1 is 0.645 bits per heavy atom. The molecule has 0 aromatic carbocycles. The minimum Gasteiger partial charge on any atom is -0.0711 e. The van der Waals surface area contributed by atoms with Crippen LogP contribution in [-0.2, 0) is 0 Å². The first-order chi connectivity index (χ1) is 14.6. The van der Waals surface area contributed by atoms with Crippen molar-refractivity contribution in [1.29, 1.82) is 0 Å². The molecule has 4 fully saturated rings. The van der Waals surface area contributed by atoms with Gasteiger partial charge in [0.1, 0.15) is 0 Å². The van der Waals surface area contributed by atoms with Crippen LogP contribution in [0.4, 0.5) is 0 Å². The summed E-state index contributed by atoms with van der Waals surface area (Å²) < 4.78 is 0. The summed E-state index contributed by atoms with van der Waals surface area (Å²) in [6.07, 6.45) is 17.2. The zero-order valence-electron chi connectivity index (χ0n) is 22.6. The van der Waals surface area contributed by atoms with Crippen LogP contribution in [0, 0.1) is 47.3 Å². The molecule has 0 radical (unpaired) electrons. The third kappa shape index (κ3) is 4.32. The quantitative estimate of drug-likeness (QED) is 0.346. The van der Waals surface area contributed by atoms with Gasteiger partial charge in [0.15, 0.2) is 0 Å². The molecule has 180 valence electrons. The Morgan fingerprint density at radius 3 is 1.65 bits per heavy atom. The van der Waals surface area contributed by atoms with Gasteiger partial charge >= 0.3 is 0 Å². The number of hydrogen-bond acceptors (Lipinski definition) is 0. The van der Waals surface area contributed by atoms with E-state index in [9.17, 15) is 0 Å². The van der Waals surface area contributed by atoms with E-state index in [0.717, 1.165) is 58.4 Å². The lowest BCUT2D eigenvalue weighted by molar-refractivity contribution is 0.172. The Balaban J connectivity index is 1.59. The zero-order valence-corrected chi connectivity index (χ0v) is 24.6. The summed E-state index contributed by atoms with van der Waals surface area (Å²) in [5.74, 6) is 8.33. The van der Waals surface area contributed by atoms with Gasteiger partial charge in [0.25, 0.3) is 0 Å². The van der Waals surface area contributed by atoms with Gasteiger partial charge < -0.3 is 0 Å². The molecule has 0 aromatic heterocycles. The molecular formula is C29H56Si2. The molecule has 0 aliphatic heterocycles. The van der Waals surface area contributed by atoms with E-state index in [1.807, 2.05) is 0 Å². The Labute approximate surface area is 197 Å². The maximum absolute atomic E-state index is 2.94. The molecule has 9 atom stereocenters. The van der Waals surface area contributed by atoms with Crippen molar-refractivity contribution in [2.45, 2.75) is 136 Å². The Kier molecular flexibility index (Phi) is 7.31. The standard InChI is InChI=1S/C29H56Si2/c1-20(2)17-21(3)27-19-29(26-16-12-10-14-24(26)27)31(7,8)30(5,6)28-18-22(4)23-13-9-11-15-25(23)28/h20-29H,9-19H2,1-8H3. The Hall–Kier alpha value is 0.434. The number of fused-ring (bicyclic) bond motifs is 2. The zero-order chi connectivity index (χ0) is 22.6. The van der Waals surface area contributed by atoms with Crippen molar-refractivity contribution >= 4 is 15.2 Å². The second-order valence-electron chi connectivity index (χ2n) is 14.6. The van der Waals surface area contributed by atoms with Crippen LogP contribution in [0.5, 0.6) is 0 Å². The summed E-state index contributed by atoms with van der Waals surface area (Å²) in [4.78, 5) is 0. The highest BCUT2D eigenvalue weighted by molar-refractivity contribution is 7.41. The average Bonchev–Trinajstić information content (AvgIpc) is 3.27. The second kappa shape index (κ2) is 9.23. The third-order valence-corrected chi connectivity index (χ3v) is 32.9. The van der Waals surface area contributed by atoms with Crippen LogP contribution in [0.2, 0.25) is 37.3 Å². The van der Waals surface area contributed by atoms with Crippen LogP contribution in [0.25, 0.3) is 0 Å². The first-order valence-corrected chi connectivity index (χ1v) is 21.7. The fraction of sp³-hybridized carbons (Fsp3) is 1.00. The van der Waals surface area contributed by atoms with Crippen LogP contribution in [0.3, 0.4) is 0 Å². The maximum Gasteiger partial charge on any atom is 0.0449 e. The highest BCUT2D eigenvalue weighted by Crippen LogP contribution is 2.63. The molecule has 0 bridgehead atoms. The molecule has 0 aromatic rings. The summed E-state index contributed by atoms with van der Waals surface area (Å²) in [5, 5.41) is 0. The van der Waals surface area contributed by atoms with E-state index >= 15 is 0 Å². The van der Waals surface area contributed by atoms with Gasteiger partial charge in [-0.3, -0.25) is 0 Å². The van der Waals surface area contributed by atoms with Crippen molar-refractivity contribution in [3.8, 4) is 0 Å². The molecule has 4 rings (SSSR count). The predicted molar refractivity (Wildman–Crippen MR) is 144 cm³/mol. The summed E-state index contributed by atoms with van der Waals surface area (Å²) in [7, 11) is -2.51. The fourth-order valence-electron chi connectivity index (χ4n) is 10.2. The van der Waals surface area contributed by atoms with Crippen LogP contribution < -0.4 is 0 Å². The van der Waals surface area contributed by atoms with Crippen LogP contribution in [0.1, 0.15) is 98.3 Å². The van der Waals surface area contributed by atoms with Gasteiger partial charge in [0.05, 0.1) is 0 Å². The van der Waals surface area contributed by atoms with Crippen molar-refractivity contribution in [3.63, 3.8) is 0 Å². The molecule has 0 nitrogen and oxygen atoms in total. The van der Waals surface area contributed by atoms with Crippen molar-refractivity contribution in [2.24, 2.45) is 47.3 Å². The predicted octanol–water partition coefficient (Wildman–Crippen LogP) is 9.58. The topological polar surface area (TPSA) is 0 Å². The summed E-state index contributed by atoms with van der Waals surface area (Å²) in [5.41, 5.74) is 2.31. The van der Waals surface area contributed by atoms with E-state index < -0.39 is 15.2 Å². The van der Waals surface area contributed by atoms with Gasteiger partial charge in [-0.1, -0.05) is 92.4 Å². The van der Waals surface area contributed by atoms with Gasteiger partial charge in [-0.05, 0) is 90.5 Å². The van der Waals surface area contributed by atoms with Crippen molar-refractivity contribution in [2.75, 3.05) is 0 Å². The van der Waals surface area contributed by atoms with E-state index in [1.165, 1.54) is 19.3 Å². The molecule has 4 aliphatic rings. The first-order valence-electron chi connectivity index (χ1n) is 14.6. The molecule has 0 amide bonds. The third-order valence-electron chi connectivity index (χ3n) is 12.3. The molecule has 2 heteroatoms. The van der Waals surface area contributed by atoms with Gasteiger partial charge in [0.2, 0.25) is 0 Å². The van der Waals surface area contributed by atoms with Crippen molar-refractivity contribution in [1.82, 2.24) is 0 Å². The highest BCUT2D eigenvalue weighted by atomic mass is 29.3. The molecule has 31 heavy (non-hydrogen) atoms. The van der Waals surface area contributed by atoms with E-state index in [-0.39, 0.29) is 0 Å². The van der Waals surface area contributed by atoms with Crippen molar-refractivity contribution < 1.29 is 0 Å². The van der Waals surface area contributed by atoms with Crippen LogP contribution in [-0.4, -0.2) is 15.2 Å². The van der Waals surface area contributed by atoms with Gasteiger partial charge in [-0.15, -0.1) is 0 Å². The minimum absolute atomic E-state index is 0.871. The van der Waals surface area contributed by atoms with Crippen molar-refractivity contribution in [3.05, 3.63) is 0 Å². The smallest absolute Gasteiger partial charge is 0.0449 e. The van der Waals surface area contributed by atoms with E-state index in [4.69, 9.17) is 0 Å². The molecule has 4 aliphatic carbocycles. The van der Waals surface area contributed by atoms with E-state index in [0.29, 0.717) is 0 Å². The molecule has 0 heterocycles. The average molecular weight is 461 g/mol. The maximum atomic E-state index is 2.94. The molecule has 0 spiro atoms. The Bertz CT molecular complexity index is 608. The second-order valence-corrected chi connectivity index (χ2v) is 30.7. The van der Waals surface area contributed by atoms with E-state index in [2.05, 4.69) is 53.9 Å². The molecular weight excluding hydrogens is 404 g/mol. The fourth-order valence-corrected chi connectivity index (χ4v) is 24.6. The van der Waals surface area contributed by atoms with E-state index in [1.54, 1.807) is 51.4 Å². The highest BCUT2D eigenvalue weighted by Gasteiger charge is 2.60. The largest absolute Gasteiger partial charge is 0.0711 e. The molecule has 4 saturated carbocycles. The SMILES string of the molecule is CC(C)CC(C)C1CC([Si](C)(C)[Si](C)(C)C2CC(C)C3CCCCC32)C2CCCCC12. The number of rotatable bonds is 6. The Morgan fingerprint density at radius 2 is 1.10 bits per heavy atom. The summed E-state index contributed by atoms with van der Waals surface area (Å²) in [6.45, 7) is 21.9.